The van der Waals surface area contributed by atoms with E-state index >= 15 is 0 Å². The molecule has 1 rings (SSSR count). The fraction of sp³-hybridized carbons (Fsp3) is 0.333. The zero-order valence-electron chi connectivity index (χ0n) is 7.63. The van der Waals surface area contributed by atoms with E-state index in [1.54, 1.807) is 19.4 Å². The molecule has 0 heterocycles. The zero-order valence-corrected chi connectivity index (χ0v) is 8.45. The molecule has 72 valence electrons. The molecule has 1 N–H and O–H groups in total. The van der Waals surface area contributed by atoms with Crippen LogP contribution in [0.25, 0.3) is 0 Å². The highest BCUT2D eigenvalue weighted by Gasteiger charge is 2.11. The van der Waals surface area contributed by atoms with Crippen molar-refractivity contribution < 1.29 is 8.94 Å². The van der Waals surface area contributed by atoms with Gasteiger partial charge in [0.2, 0.25) is 0 Å². The van der Waals surface area contributed by atoms with Crippen molar-refractivity contribution in [1.29, 1.82) is 0 Å². The maximum atomic E-state index is 12.8. The number of halogens is 1. The van der Waals surface area contributed by atoms with Crippen LogP contribution in [0.3, 0.4) is 0 Å². The summed E-state index contributed by atoms with van der Waals surface area (Å²) >= 11 is -1.13. The molecule has 0 aliphatic heterocycles. The average molecular weight is 201 g/mol. The van der Waals surface area contributed by atoms with Gasteiger partial charge in [0.1, 0.15) is 12.1 Å². The van der Waals surface area contributed by atoms with Gasteiger partial charge in [-0.15, -0.1) is 0 Å². The van der Waals surface area contributed by atoms with Crippen molar-refractivity contribution in [2.75, 3.05) is 13.3 Å². The lowest BCUT2D eigenvalue weighted by atomic mass is 10.2. The van der Waals surface area contributed by atoms with Crippen molar-refractivity contribution in [3.8, 4) is 0 Å². The first-order valence-electron chi connectivity index (χ1n) is 3.91. The summed E-state index contributed by atoms with van der Waals surface area (Å²) in [5.41, 5.74) is 0.879. The third-order valence-electron chi connectivity index (χ3n) is 1.71. The van der Waals surface area contributed by atoms with Crippen LogP contribution in [-0.2, 0) is 17.7 Å². The Morgan fingerprint density at radius 2 is 2.23 bits per heavy atom. The number of hydrogen-bond acceptors (Lipinski definition) is 2. The average Bonchev–Trinajstić information content (AvgIpc) is 2.08. The monoisotopic (exact) mass is 201 g/mol. The highest BCUT2D eigenvalue weighted by molar-refractivity contribution is 7.90. The number of hydrogen-bond donors (Lipinski definition) is 1. The molecule has 1 aromatic carbocycles. The van der Waals surface area contributed by atoms with Crippen LogP contribution in [0.4, 0.5) is 4.39 Å². The highest BCUT2D eigenvalue weighted by Crippen LogP contribution is 2.16. The summed E-state index contributed by atoms with van der Waals surface area (Å²) in [6, 6.07) is 4.36. The van der Waals surface area contributed by atoms with Crippen molar-refractivity contribution in [2.45, 2.75) is 11.4 Å². The predicted octanol–water partition coefficient (Wildman–Crippen LogP) is 1.28. The minimum atomic E-state index is -1.13. The summed E-state index contributed by atoms with van der Waals surface area (Å²) < 4.78 is 24.0. The minimum Gasteiger partial charge on any atom is -0.612 e. The first kappa shape index (κ1) is 10.5. The molecule has 0 aliphatic rings. The van der Waals surface area contributed by atoms with E-state index in [2.05, 4.69) is 5.32 Å². The van der Waals surface area contributed by atoms with Gasteiger partial charge in [-0.05, 0) is 30.4 Å². The van der Waals surface area contributed by atoms with Gasteiger partial charge in [-0.1, -0.05) is 0 Å². The summed E-state index contributed by atoms with van der Waals surface area (Å²) in [5.74, 6) is -0.343. The standard InChI is InChI=1S/C9H12FNOS/c1-11-6-7-3-4-8(10)5-9(7)13(2)12/h3-5,11H,6H2,1-2H3. The smallest absolute Gasteiger partial charge is 0.159 e. The minimum absolute atomic E-state index is 0.343. The zero-order chi connectivity index (χ0) is 9.84. The second-order valence-corrected chi connectivity index (χ2v) is 4.08. The van der Waals surface area contributed by atoms with Crippen LogP contribution in [0, 0.1) is 5.82 Å². The molecule has 13 heavy (non-hydrogen) atoms. The summed E-state index contributed by atoms with van der Waals surface area (Å²) in [6.45, 7) is 0.606. The van der Waals surface area contributed by atoms with Crippen LogP contribution in [0.2, 0.25) is 0 Å². The van der Waals surface area contributed by atoms with Crippen molar-refractivity contribution >= 4 is 11.2 Å². The van der Waals surface area contributed by atoms with E-state index in [-0.39, 0.29) is 5.82 Å². The van der Waals surface area contributed by atoms with Crippen LogP contribution < -0.4 is 5.32 Å². The Hall–Kier alpha value is -0.580. The molecular formula is C9H12FNOS. The van der Waals surface area contributed by atoms with Gasteiger partial charge in [0.05, 0.1) is 0 Å². The molecule has 0 saturated heterocycles. The molecule has 0 spiro atoms. The maximum absolute atomic E-state index is 12.8. The second-order valence-electron chi connectivity index (χ2n) is 2.74. The highest BCUT2D eigenvalue weighted by atomic mass is 32.2. The van der Waals surface area contributed by atoms with Crippen molar-refractivity contribution in [3.05, 3.63) is 29.6 Å². The van der Waals surface area contributed by atoms with Gasteiger partial charge in [-0.2, -0.15) is 0 Å². The Kier molecular flexibility index (Phi) is 3.71. The molecular weight excluding hydrogens is 189 g/mol. The molecule has 1 unspecified atom stereocenters. The Morgan fingerprint density at radius 3 is 2.77 bits per heavy atom. The van der Waals surface area contributed by atoms with Crippen LogP contribution in [-0.4, -0.2) is 17.9 Å². The lowest BCUT2D eigenvalue weighted by Gasteiger charge is -2.09. The molecule has 0 amide bonds. The van der Waals surface area contributed by atoms with Gasteiger partial charge in [0.25, 0.3) is 0 Å². The van der Waals surface area contributed by atoms with E-state index in [9.17, 15) is 8.94 Å². The molecule has 0 bridgehead atoms. The molecule has 0 aromatic heterocycles. The van der Waals surface area contributed by atoms with Crippen molar-refractivity contribution in [2.24, 2.45) is 0 Å². The lowest BCUT2D eigenvalue weighted by molar-refractivity contribution is 0.592. The molecule has 1 aromatic rings. The largest absolute Gasteiger partial charge is 0.612 e. The van der Waals surface area contributed by atoms with Gasteiger partial charge in [0.15, 0.2) is 4.90 Å². The Bertz CT molecular complexity index is 291. The topological polar surface area (TPSA) is 35.1 Å². The van der Waals surface area contributed by atoms with Gasteiger partial charge >= 0.3 is 0 Å². The SMILES string of the molecule is CNCc1ccc(F)cc1[S+](C)[O-]. The summed E-state index contributed by atoms with van der Waals surface area (Å²) in [4.78, 5) is 0.564. The van der Waals surface area contributed by atoms with Gasteiger partial charge in [0, 0.05) is 18.2 Å². The first-order valence-corrected chi connectivity index (χ1v) is 5.47. The Balaban J connectivity index is 3.03. The number of rotatable bonds is 3. The summed E-state index contributed by atoms with van der Waals surface area (Å²) in [5, 5.41) is 2.94. The van der Waals surface area contributed by atoms with Gasteiger partial charge < -0.3 is 9.87 Å². The predicted molar refractivity (Wildman–Crippen MR) is 51.5 cm³/mol. The third-order valence-corrected chi connectivity index (χ3v) is 2.71. The fourth-order valence-corrected chi connectivity index (χ4v) is 1.92. The van der Waals surface area contributed by atoms with E-state index in [1.807, 2.05) is 0 Å². The van der Waals surface area contributed by atoms with E-state index < -0.39 is 11.2 Å². The summed E-state index contributed by atoms with van der Waals surface area (Å²) in [6.07, 6.45) is 1.55. The van der Waals surface area contributed by atoms with Crippen molar-refractivity contribution in [1.82, 2.24) is 5.32 Å². The molecule has 0 aliphatic carbocycles. The van der Waals surface area contributed by atoms with E-state index in [1.165, 1.54) is 12.1 Å². The van der Waals surface area contributed by atoms with Crippen LogP contribution in [0.5, 0.6) is 0 Å². The van der Waals surface area contributed by atoms with Crippen LogP contribution in [0.15, 0.2) is 23.1 Å². The van der Waals surface area contributed by atoms with E-state index in [0.29, 0.717) is 11.4 Å². The normalized spacial score (nSPS) is 12.9. The molecule has 0 saturated carbocycles. The fourth-order valence-electron chi connectivity index (χ4n) is 1.13. The Morgan fingerprint density at radius 1 is 1.54 bits per heavy atom. The van der Waals surface area contributed by atoms with E-state index in [4.69, 9.17) is 0 Å². The molecule has 4 heteroatoms. The van der Waals surface area contributed by atoms with E-state index in [0.717, 1.165) is 5.56 Å². The molecule has 1 atom stereocenters. The maximum Gasteiger partial charge on any atom is 0.159 e. The molecule has 0 radical (unpaired) electrons. The quantitative estimate of drug-likeness (QED) is 0.748. The first-order chi connectivity index (χ1) is 6.15. The molecule has 2 nitrogen and oxygen atoms in total. The van der Waals surface area contributed by atoms with Gasteiger partial charge in [-0.3, -0.25) is 0 Å². The van der Waals surface area contributed by atoms with Gasteiger partial charge in [-0.25, -0.2) is 4.39 Å². The lowest BCUT2D eigenvalue weighted by Crippen LogP contribution is -2.10. The second kappa shape index (κ2) is 4.60. The Labute approximate surface area is 80.3 Å². The number of benzene rings is 1. The van der Waals surface area contributed by atoms with Crippen LogP contribution >= 0.6 is 0 Å². The third kappa shape index (κ3) is 2.69. The van der Waals surface area contributed by atoms with Crippen LogP contribution in [0.1, 0.15) is 5.56 Å². The summed E-state index contributed by atoms with van der Waals surface area (Å²) in [7, 11) is 1.80. The van der Waals surface area contributed by atoms with Crippen molar-refractivity contribution in [3.63, 3.8) is 0 Å². The number of nitrogens with one attached hydrogen (secondary N) is 1. The molecule has 0 fully saturated rings.